The number of carbonyl (C=O) groups excluding carboxylic acids is 3. The van der Waals surface area contributed by atoms with Gasteiger partial charge in [0.1, 0.15) is 5.41 Å². The van der Waals surface area contributed by atoms with Crippen molar-refractivity contribution >= 4 is 57.6 Å². The van der Waals surface area contributed by atoms with Gasteiger partial charge < -0.3 is 10.2 Å². The van der Waals surface area contributed by atoms with Crippen LogP contribution >= 0.6 is 23.2 Å². The van der Waals surface area contributed by atoms with E-state index in [-0.39, 0.29) is 28.1 Å². The zero-order valence-corrected chi connectivity index (χ0v) is 22.0. The number of para-hydroxylation sites is 1. The first kappa shape index (κ1) is 24.0. The largest absolute Gasteiger partial charge is 0.352 e. The van der Waals surface area contributed by atoms with Crippen LogP contribution in [0.15, 0.2) is 66.7 Å². The van der Waals surface area contributed by atoms with Crippen LogP contribution in [-0.2, 0) is 15.0 Å². The minimum Gasteiger partial charge on any atom is -0.352 e. The SMILES string of the molecule is CC(=O)[C@@H]1[C@H](C(=O)c2ccc(Cl)cc2Cl)[C@@]2(C(=O)Nc3ccccc32)[C@H]2C=C(C)c3cc(C)ccc3N12. The van der Waals surface area contributed by atoms with E-state index in [2.05, 4.69) is 11.4 Å². The van der Waals surface area contributed by atoms with Crippen molar-refractivity contribution in [2.75, 3.05) is 10.2 Å². The average Bonchev–Trinajstić information content (AvgIpc) is 3.32. The summed E-state index contributed by atoms with van der Waals surface area (Å²) in [6, 6.07) is 16.7. The third-order valence-electron chi connectivity index (χ3n) is 8.03. The summed E-state index contributed by atoms with van der Waals surface area (Å²) in [7, 11) is 0. The molecule has 3 aliphatic heterocycles. The van der Waals surface area contributed by atoms with E-state index in [1.807, 2.05) is 61.2 Å². The lowest BCUT2D eigenvalue weighted by Gasteiger charge is -2.39. The van der Waals surface area contributed by atoms with Crippen LogP contribution in [-0.4, -0.2) is 29.6 Å². The first-order valence-electron chi connectivity index (χ1n) is 12.1. The molecule has 7 heteroatoms. The molecule has 0 radical (unpaired) electrons. The lowest BCUT2D eigenvalue weighted by Crippen LogP contribution is -2.51. The first-order chi connectivity index (χ1) is 17.7. The Bertz CT molecular complexity index is 1560. The summed E-state index contributed by atoms with van der Waals surface area (Å²) < 4.78 is 0. The van der Waals surface area contributed by atoms with E-state index in [0.29, 0.717) is 16.3 Å². The van der Waals surface area contributed by atoms with Crippen molar-refractivity contribution in [2.24, 2.45) is 5.92 Å². The number of allylic oxidation sites excluding steroid dienone is 1. The number of rotatable bonds is 3. The quantitative estimate of drug-likeness (QED) is 0.406. The van der Waals surface area contributed by atoms with E-state index in [1.165, 1.54) is 13.0 Å². The fourth-order valence-corrected chi connectivity index (χ4v) is 7.06. The Morgan fingerprint density at radius 2 is 1.76 bits per heavy atom. The molecular formula is C30H24Cl2N2O3. The Kier molecular flexibility index (Phi) is 5.38. The Morgan fingerprint density at radius 3 is 2.49 bits per heavy atom. The molecule has 3 aromatic carbocycles. The molecular weight excluding hydrogens is 507 g/mol. The number of hydrogen-bond donors (Lipinski definition) is 1. The molecule has 0 bridgehead atoms. The Labute approximate surface area is 225 Å². The van der Waals surface area contributed by atoms with Gasteiger partial charge in [0.25, 0.3) is 0 Å². The van der Waals surface area contributed by atoms with E-state index < -0.39 is 23.4 Å². The molecule has 6 rings (SSSR count). The van der Waals surface area contributed by atoms with Gasteiger partial charge in [0.15, 0.2) is 11.6 Å². The van der Waals surface area contributed by atoms with Gasteiger partial charge in [-0.25, -0.2) is 0 Å². The summed E-state index contributed by atoms with van der Waals surface area (Å²) in [4.78, 5) is 44.1. The number of amides is 1. The molecule has 3 heterocycles. The lowest BCUT2D eigenvalue weighted by atomic mass is 9.64. The van der Waals surface area contributed by atoms with Crippen molar-refractivity contribution in [3.8, 4) is 0 Å². The van der Waals surface area contributed by atoms with E-state index in [4.69, 9.17) is 23.2 Å². The fourth-order valence-electron chi connectivity index (χ4n) is 6.56. The molecule has 1 saturated heterocycles. The maximum atomic E-state index is 14.5. The second-order valence-corrected chi connectivity index (χ2v) is 11.0. The molecule has 1 spiro atoms. The predicted molar refractivity (Wildman–Crippen MR) is 147 cm³/mol. The molecule has 0 aliphatic carbocycles. The molecule has 3 aromatic rings. The van der Waals surface area contributed by atoms with Gasteiger partial charge in [-0.3, -0.25) is 14.4 Å². The van der Waals surface area contributed by atoms with Gasteiger partial charge in [-0.1, -0.05) is 59.1 Å². The third-order valence-corrected chi connectivity index (χ3v) is 8.58. The normalized spacial score (nSPS) is 25.3. The van der Waals surface area contributed by atoms with Gasteiger partial charge in [-0.2, -0.15) is 0 Å². The number of ketones is 2. The Morgan fingerprint density at radius 1 is 1.00 bits per heavy atom. The van der Waals surface area contributed by atoms with Gasteiger partial charge >= 0.3 is 0 Å². The number of anilines is 2. The number of aryl methyl sites for hydroxylation is 1. The van der Waals surface area contributed by atoms with Crippen LogP contribution in [0, 0.1) is 12.8 Å². The van der Waals surface area contributed by atoms with Crippen LogP contribution < -0.4 is 10.2 Å². The maximum absolute atomic E-state index is 14.5. The summed E-state index contributed by atoms with van der Waals surface area (Å²) in [5.74, 6) is -1.87. The van der Waals surface area contributed by atoms with Crippen molar-refractivity contribution in [1.29, 1.82) is 0 Å². The minimum absolute atomic E-state index is 0.189. The smallest absolute Gasteiger partial charge is 0.238 e. The van der Waals surface area contributed by atoms with Crippen LogP contribution in [0.3, 0.4) is 0 Å². The minimum atomic E-state index is -1.34. The molecule has 1 amide bonds. The maximum Gasteiger partial charge on any atom is 0.238 e. The Balaban J connectivity index is 1.69. The van der Waals surface area contributed by atoms with E-state index in [1.54, 1.807) is 12.1 Å². The molecule has 3 aliphatic rings. The van der Waals surface area contributed by atoms with Gasteiger partial charge in [0.05, 0.1) is 23.0 Å². The summed E-state index contributed by atoms with van der Waals surface area (Å²) >= 11 is 12.6. The molecule has 37 heavy (non-hydrogen) atoms. The van der Waals surface area contributed by atoms with Crippen LogP contribution in [0.5, 0.6) is 0 Å². The number of carbonyl (C=O) groups is 3. The summed E-state index contributed by atoms with van der Waals surface area (Å²) in [6.07, 6.45) is 2.04. The van der Waals surface area contributed by atoms with Crippen LogP contribution in [0.2, 0.25) is 10.0 Å². The predicted octanol–water partition coefficient (Wildman–Crippen LogP) is 6.25. The average molecular weight is 531 g/mol. The molecule has 0 aromatic heterocycles. The van der Waals surface area contributed by atoms with Gasteiger partial charge in [-0.05, 0) is 68.3 Å². The van der Waals surface area contributed by atoms with Gasteiger partial charge in [-0.15, -0.1) is 0 Å². The molecule has 186 valence electrons. The number of nitrogens with one attached hydrogen (secondary N) is 1. The molecule has 0 saturated carbocycles. The molecule has 0 unspecified atom stereocenters. The highest BCUT2D eigenvalue weighted by atomic mass is 35.5. The Hall–Kier alpha value is -3.41. The monoisotopic (exact) mass is 530 g/mol. The molecule has 5 nitrogen and oxygen atoms in total. The zero-order valence-electron chi connectivity index (χ0n) is 20.5. The highest BCUT2D eigenvalue weighted by molar-refractivity contribution is 6.37. The van der Waals surface area contributed by atoms with Gasteiger partial charge in [0, 0.05) is 27.5 Å². The van der Waals surface area contributed by atoms with Crippen molar-refractivity contribution in [2.45, 2.75) is 38.3 Å². The summed E-state index contributed by atoms with van der Waals surface area (Å²) in [5.41, 5.74) is 4.17. The number of nitrogens with zero attached hydrogens (tertiary/aromatic N) is 1. The number of Topliss-reactive ketones (excluding diaryl/α,β-unsaturated/α-hetero) is 2. The van der Waals surface area contributed by atoms with Crippen molar-refractivity contribution < 1.29 is 14.4 Å². The standard InChI is InChI=1S/C30H24Cl2N2O3/c1-15-8-11-24-20(12-15)16(2)13-25-30(21-6-4-5-7-23(21)33-29(30)37)26(27(17(3)35)34(24)25)28(36)19-10-9-18(31)14-22(19)32/h4-14,25-27H,1-3H3,(H,33,37)/t25-,26-,27-,30+/m1/s1. The van der Waals surface area contributed by atoms with Gasteiger partial charge in [0.2, 0.25) is 5.91 Å². The number of benzene rings is 3. The van der Waals surface area contributed by atoms with Crippen LogP contribution in [0.4, 0.5) is 11.4 Å². The van der Waals surface area contributed by atoms with E-state index >= 15 is 0 Å². The van der Waals surface area contributed by atoms with Crippen molar-refractivity contribution in [3.05, 3.63) is 99.0 Å². The molecule has 1 fully saturated rings. The summed E-state index contributed by atoms with van der Waals surface area (Å²) in [5, 5.41) is 3.61. The molecule has 4 atom stereocenters. The lowest BCUT2D eigenvalue weighted by molar-refractivity contribution is -0.122. The second-order valence-electron chi connectivity index (χ2n) is 10.1. The van der Waals surface area contributed by atoms with Crippen molar-refractivity contribution in [3.63, 3.8) is 0 Å². The topological polar surface area (TPSA) is 66.5 Å². The first-order valence-corrected chi connectivity index (χ1v) is 12.9. The zero-order chi connectivity index (χ0) is 26.2. The van der Waals surface area contributed by atoms with E-state index in [0.717, 1.165) is 22.4 Å². The highest BCUT2D eigenvalue weighted by Crippen LogP contribution is 2.58. The van der Waals surface area contributed by atoms with Crippen LogP contribution in [0.25, 0.3) is 5.57 Å². The number of fused-ring (bicyclic) bond motifs is 6. The number of halogens is 2. The van der Waals surface area contributed by atoms with Crippen LogP contribution in [0.1, 0.15) is 40.9 Å². The van der Waals surface area contributed by atoms with Crippen molar-refractivity contribution in [1.82, 2.24) is 0 Å². The second kappa shape index (κ2) is 8.30. The fraction of sp³-hybridized carbons (Fsp3) is 0.233. The van der Waals surface area contributed by atoms with E-state index in [9.17, 15) is 14.4 Å². The number of hydrogen-bond acceptors (Lipinski definition) is 4. The molecule has 1 N–H and O–H groups in total. The third kappa shape index (κ3) is 3.20. The summed E-state index contributed by atoms with van der Waals surface area (Å²) in [6.45, 7) is 5.52. The highest BCUT2D eigenvalue weighted by Gasteiger charge is 2.70.